The van der Waals surface area contributed by atoms with Gasteiger partial charge in [0.25, 0.3) is 0 Å². The Labute approximate surface area is 116 Å². The first kappa shape index (κ1) is 13.3. The van der Waals surface area contributed by atoms with Gasteiger partial charge in [0, 0.05) is 4.47 Å². The molecule has 2 unspecified atom stereocenters. The van der Waals surface area contributed by atoms with Gasteiger partial charge in [0.2, 0.25) is 0 Å². The summed E-state index contributed by atoms with van der Waals surface area (Å²) in [6.07, 6.45) is -0.720. The van der Waals surface area contributed by atoms with Crippen LogP contribution in [0, 0.1) is 6.92 Å². The van der Waals surface area contributed by atoms with Crippen molar-refractivity contribution in [2.45, 2.75) is 19.1 Å². The molecule has 18 heavy (non-hydrogen) atoms. The van der Waals surface area contributed by atoms with Crippen molar-refractivity contribution in [1.82, 2.24) is 0 Å². The summed E-state index contributed by atoms with van der Waals surface area (Å²) >= 11 is 3.47. The Morgan fingerprint density at radius 3 is 2.39 bits per heavy atom. The number of halogens is 1. The van der Waals surface area contributed by atoms with E-state index in [-0.39, 0.29) is 0 Å². The van der Waals surface area contributed by atoms with E-state index in [2.05, 4.69) is 15.9 Å². The monoisotopic (exact) mass is 305 g/mol. The maximum atomic E-state index is 10.4. The summed E-state index contributed by atoms with van der Waals surface area (Å²) in [4.78, 5) is 0. The molecule has 0 spiro atoms. The first-order valence-corrected chi connectivity index (χ1v) is 6.63. The summed E-state index contributed by atoms with van der Waals surface area (Å²) < 4.78 is 0.890. The summed E-state index contributed by atoms with van der Waals surface area (Å²) in [5.41, 5.74) is 9.00. The molecule has 0 aliphatic rings. The molecule has 0 aliphatic carbocycles. The van der Waals surface area contributed by atoms with Crippen LogP contribution in [-0.4, -0.2) is 5.11 Å². The Kier molecular flexibility index (Phi) is 4.17. The largest absolute Gasteiger partial charge is 0.386 e. The van der Waals surface area contributed by atoms with Gasteiger partial charge in [-0.3, -0.25) is 0 Å². The molecule has 3 heteroatoms. The van der Waals surface area contributed by atoms with Crippen molar-refractivity contribution in [2.75, 3.05) is 0 Å². The predicted molar refractivity (Wildman–Crippen MR) is 77.2 cm³/mol. The number of aryl methyl sites for hydroxylation is 1. The van der Waals surface area contributed by atoms with E-state index in [0.717, 1.165) is 21.2 Å². The predicted octanol–water partition coefficient (Wildman–Crippen LogP) is 3.49. The highest BCUT2D eigenvalue weighted by Gasteiger charge is 2.20. The van der Waals surface area contributed by atoms with Gasteiger partial charge in [0.1, 0.15) is 0 Å². The summed E-state index contributed by atoms with van der Waals surface area (Å²) in [5, 5.41) is 10.4. The lowest BCUT2D eigenvalue weighted by Gasteiger charge is -2.21. The van der Waals surface area contributed by atoms with Gasteiger partial charge < -0.3 is 10.8 Å². The Morgan fingerprint density at radius 2 is 1.78 bits per heavy atom. The maximum Gasteiger partial charge on any atom is 0.0993 e. The number of hydrogen-bond acceptors (Lipinski definition) is 2. The lowest BCUT2D eigenvalue weighted by molar-refractivity contribution is 0.146. The summed E-state index contributed by atoms with van der Waals surface area (Å²) in [7, 11) is 0. The number of nitrogens with two attached hydrogens (primary N) is 1. The van der Waals surface area contributed by atoms with Crippen molar-refractivity contribution in [3.05, 3.63) is 69.7 Å². The lowest BCUT2D eigenvalue weighted by atomic mass is 9.96. The quantitative estimate of drug-likeness (QED) is 0.912. The normalized spacial score (nSPS) is 14.2. The third kappa shape index (κ3) is 2.80. The fourth-order valence-electron chi connectivity index (χ4n) is 1.92. The molecule has 94 valence electrons. The number of rotatable bonds is 3. The SMILES string of the molecule is Cc1ccc(C(O)C(N)c2ccccc2)c(Br)c1. The molecule has 2 aromatic rings. The Morgan fingerprint density at radius 1 is 1.11 bits per heavy atom. The average Bonchev–Trinajstić information content (AvgIpc) is 2.38. The second-order valence-electron chi connectivity index (χ2n) is 4.41. The van der Waals surface area contributed by atoms with E-state index in [9.17, 15) is 5.11 Å². The van der Waals surface area contributed by atoms with Gasteiger partial charge in [-0.2, -0.15) is 0 Å². The minimum absolute atomic E-state index is 0.426. The Hall–Kier alpha value is -1.16. The van der Waals surface area contributed by atoms with Gasteiger partial charge in [-0.15, -0.1) is 0 Å². The molecule has 0 fully saturated rings. The van der Waals surface area contributed by atoms with Gasteiger partial charge >= 0.3 is 0 Å². The van der Waals surface area contributed by atoms with Crippen molar-refractivity contribution in [2.24, 2.45) is 5.73 Å². The van der Waals surface area contributed by atoms with E-state index < -0.39 is 12.1 Å². The summed E-state index contributed by atoms with van der Waals surface area (Å²) in [6, 6.07) is 15.1. The third-order valence-electron chi connectivity index (χ3n) is 3.00. The topological polar surface area (TPSA) is 46.2 Å². The number of hydrogen-bond donors (Lipinski definition) is 2. The molecule has 0 heterocycles. The fourth-order valence-corrected chi connectivity index (χ4v) is 2.65. The van der Waals surface area contributed by atoms with Crippen molar-refractivity contribution < 1.29 is 5.11 Å². The van der Waals surface area contributed by atoms with Crippen molar-refractivity contribution in [1.29, 1.82) is 0 Å². The maximum absolute atomic E-state index is 10.4. The highest BCUT2D eigenvalue weighted by atomic mass is 79.9. The molecule has 0 amide bonds. The van der Waals surface area contributed by atoms with Gasteiger partial charge in [-0.1, -0.05) is 58.4 Å². The zero-order valence-electron chi connectivity index (χ0n) is 10.2. The van der Waals surface area contributed by atoms with Crippen LogP contribution in [0.2, 0.25) is 0 Å². The summed E-state index contributed by atoms with van der Waals surface area (Å²) in [5.74, 6) is 0. The standard InChI is InChI=1S/C15H16BrNO/c1-10-7-8-12(13(16)9-10)15(18)14(17)11-5-3-2-4-6-11/h2-9,14-15,18H,17H2,1H3. The lowest BCUT2D eigenvalue weighted by Crippen LogP contribution is -2.19. The zero-order valence-corrected chi connectivity index (χ0v) is 11.8. The van der Waals surface area contributed by atoms with Crippen LogP contribution in [0.25, 0.3) is 0 Å². The van der Waals surface area contributed by atoms with Crippen LogP contribution in [0.3, 0.4) is 0 Å². The van der Waals surface area contributed by atoms with Gasteiger partial charge in [-0.05, 0) is 29.7 Å². The molecule has 2 nitrogen and oxygen atoms in total. The molecule has 2 rings (SSSR count). The first-order valence-electron chi connectivity index (χ1n) is 5.84. The second kappa shape index (κ2) is 5.65. The molecule has 0 saturated carbocycles. The van der Waals surface area contributed by atoms with Crippen LogP contribution in [0.15, 0.2) is 53.0 Å². The first-order chi connectivity index (χ1) is 8.59. The minimum Gasteiger partial charge on any atom is -0.386 e. The molecule has 0 aromatic heterocycles. The second-order valence-corrected chi connectivity index (χ2v) is 5.26. The Balaban J connectivity index is 2.28. The number of benzene rings is 2. The third-order valence-corrected chi connectivity index (χ3v) is 3.69. The van der Waals surface area contributed by atoms with Crippen LogP contribution in [0.1, 0.15) is 28.8 Å². The average molecular weight is 306 g/mol. The fraction of sp³-hybridized carbons (Fsp3) is 0.200. The molecular formula is C15H16BrNO. The molecule has 3 N–H and O–H groups in total. The van der Waals surface area contributed by atoms with E-state index in [1.807, 2.05) is 55.5 Å². The van der Waals surface area contributed by atoms with Crippen LogP contribution in [0.4, 0.5) is 0 Å². The van der Waals surface area contributed by atoms with Crippen molar-refractivity contribution in [3.8, 4) is 0 Å². The molecule has 0 aliphatic heterocycles. The minimum atomic E-state index is -0.720. The van der Waals surface area contributed by atoms with E-state index in [1.54, 1.807) is 0 Å². The van der Waals surface area contributed by atoms with Crippen LogP contribution < -0.4 is 5.73 Å². The smallest absolute Gasteiger partial charge is 0.0993 e. The van der Waals surface area contributed by atoms with E-state index in [1.165, 1.54) is 0 Å². The van der Waals surface area contributed by atoms with Gasteiger partial charge in [0.05, 0.1) is 12.1 Å². The molecule has 0 saturated heterocycles. The number of aliphatic hydroxyl groups is 1. The van der Waals surface area contributed by atoms with Crippen molar-refractivity contribution in [3.63, 3.8) is 0 Å². The molecular weight excluding hydrogens is 290 g/mol. The van der Waals surface area contributed by atoms with Crippen LogP contribution >= 0.6 is 15.9 Å². The Bertz CT molecular complexity index is 527. The van der Waals surface area contributed by atoms with Crippen LogP contribution in [-0.2, 0) is 0 Å². The highest BCUT2D eigenvalue weighted by Crippen LogP contribution is 2.31. The number of aliphatic hydroxyl groups excluding tert-OH is 1. The molecule has 0 bridgehead atoms. The molecule has 0 radical (unpaired) electrons. The highest BCUT2D eigenvalue weighted by molar-refractivity contribution is 9.10. The van der Waals surface area contributed by atoms with Gasteiger partial charge in [-0.25, -0.2) is 0 Å². The summed E-state index contributed by atoms with van der Waals surface area (Å²) in [6.45, 7) is 2.01. The molecule has 2 aromatic carbocycles. The van der Waals surface area contributed by atoms with Crippen LogP contribution in [0.5, 0.6) is 0 Å². The van der Waals surface area contributed by atoms with E-state index in [4.69, 9.17) is 5.73 Å². The zero-order chi connectivity index (χ0) is 13.1. The van der Waals surface area contributed by atoms with Gasteiger partial charge in [0.15, 0.2) is 0 Å². The van der Waals surface area contributed by atoms with E-state index in [0.29, 0.717) is 0 Å². The van der Waals surface area contributed by atoms with E-state index >= 15 is 0 Å². The molecule has 2 atom stereocenters. The van der Waals surface area contributed by atoms with Crippen molar-refractivity contribution >= 4 is 15.9 Å².